The van der Waals surface area contributed by atoms with E-state index in [1.807, 2.05) is 24.4 Å². The lowest BCUT2D eigenvalue weighted by Crippen LogP contribution is -2.50. The second-order valence-corrected chi connectivity index (χ2v) is 5.92. The molecule has 1 aromatic heterocycles. The van der Waals surface area contributed by atoms with Gasteiger partial charge in [0.05, 0.1) is 25.1 Å². The Labute approximate surface area is 140 Å². The second kappa shape index (κ2) is 7.74. The van der Waals surface area contributed by atoms with Gasteiger partial charge in [0.1, 0.15) is 0 Å². The Morgan fingerprint density at radius 3 is 2.58 bits per heavy atom. The summed E-state index contributed by atoms with van der Waals surface area (Å²) >= 11 is 0. The third kappa shape index (κ3) is 4.92. The number of carboxylic acid groups (broad SMARTS) is 1. The molecule has 1 unspecified atom stereocenters. The molecule has 1 heterocycles. The zero-order valence-electron chi connectivity index (χ0n) is 13.7. The van der Waals surface area contributed by atoms with E-state index in [4.69, 9.17) is 9.84 Å². The van der Waals surface area contributed by atoms with Crippen LogP contribution in [0.3, 0.4) is 0 Å². The molecule has 24 heavy (non-hydrogen) atoms. The summed E-state index contributed by atoms with van der Waals surface area (Å²) in [5.41, 5.74) is 0.512. The molecule has 0 bridgehead atoms. The fourth-order valence-electron chi connectivity index (χ4n) is 2.47. The van der Waals surface area contributed by atoms with Crippen molar-refractivity contribution >= 4 is 11.9 Å². The standard InChI is InChI=1S/C17H21N3O4/c1-17(12-24-2,10-15(21)22)19-16(23)14-6-4-13(5-7-14)11-20-9-3-8-18-20/h3-9H,10-12H2,1-2H3,(H,19,23)(H,21,22). The first-order valence-electron chi connectivity index (χ1n) is 7.51. The first kappa shape index (κ1) is 17.7. The molecule has 0 aliphatic heterocycles. The number of methoxy groups -OCH3 is 1. The van der Waals surface area contributed by atoms with Gasteiger partial charge in [-0.3, -0.25) is 14.3 Å². The number of nitrogens with one attached hydrogen (secondary N) is 1. The maximum atomic E-state index is 12.4. The average Bonchev–Trinajstić information content (AvgIpc) is 3.00. The summed E-state index contributed by atoms with van der Waals surface area (Å²) in [5.74, 6) is -1.33. The van der Waals surface area contributed by atoms with E-state index in [1.54, 1.807) is 29.9 Å². The number of carboxylic acids is 1. The molecule has 0 saturated heterocycles. The molecule has 0 fully saturated rings. The van der Waals surface area contributed by atoms with E-state index in [-0.39, 0.29) is 18.9 Å². The van der Waals surface area contributed by atoms with Crippen molar-refractivity contribution in [2.45, 2.75) is 25.4 Å². The molecular formula is C17H21N3O4. The number of hydrogen-bond donors (Lipinski definition) is 2. The van der Waals surface area contributed by atoms with Crippen LogP contribution < -0.4 is 5.32 Å². The van der Waals surface area contributed by atoms with Gasteiger partial charge in [0, 0.05) is 25.1 Å². The Balaban J connectivity index is 2.04. The summed E-state index contributed by atoms with van der Waals surface area (Å²) in [6.07, 6.45) is 3.35. The van der Waals surface area contributed by atoms with Crippen LogP contribution in [0.5, 0.6) is 0 Å². The molecule has 2 N–H and O–H groups in total. The van der Waals surface area contributed by atoms with Gasteiger partial charge < -0.3 is 15.2 Å². The van der Waals surface area contributed by atoms with Crippen molar-refractivity contribution in [2.75, 3.05) is 13.7 Å². The summed E-state index contributed by atoms with van der Waals surface area (Å²) in [4.78, 5) is 23.4. The smallest absolute Gasteiger partial charge is 0.305 e. The fraction of sp³-hybridized carbons (Fsp3) is 0.353. The summed E-state index contributed by atoms with van der Waals surface area (Å²) in [5, 5.41) is 15.9. The lowest BCUT2D eigenvalue weighted by Gasteiger charge is -2.28. The molecule has 2 rings (SSSR count). The lowest BCUT2D eigenvalue weighted by atomic mass is 9.98. The van der Waals surface area contributed by atoms with Crippen molar-refractivity contribution in [3.05, 3.63) is 53.9 Å². The third-order valence-electron chi connectivity index (χ3n) is 3.54. The number of amides is 1. The van der Waals surface area contributed by atoms with Crippen molar-refractivity contribution in [3.8, 4) is 0 Å². The topological polar surface area (TPSA) is 93.5 Å². The van der Waals surface area contributed by atoms with Crippen LogP contribution in [0, 0.1) is 0 Å². The van der Waals surface area contributed by atoms with Crippen LogP contribution in [0.15, 0.2) is 42.7 Å². The number of aromatic nitrogens is 2. The number of carbonyl (C=O) groups excluding carboxylic acids is 1. The maximum absolute atomic E-state index is 12.4. The molecule has 0 radical (unpaired) electrons. The van der Waals surface area contributed by atoms with E-state index in [0.29, 0.717) is 12.1 Å². The van der Waals surface area contributed by atoms with Crippen LogP contribution >= 0.6 is 0 Å². The SMILES string of the molecule is COCC(C)(CC(=O)O)NC(=O)c1ccc(Cn2cccn2)cc1. The summed E-state index contributed by atoms with van der Waals surface area (Å²) in [7, 11) is 1.47. The summed E-state index contributed by atoms with van der Waals surface area (Å²) < 4.78 is 6.82. The highest BCUT2D eigenvalue weighted by Crippen LogP contribution is 2.13. The monoisotopic (exact) mass is 331 g/mol. The molecule has 1 amide bonds. The van der Waals surface area contributed by atoms with Gasteiger partial charge in [0.25, 0.3) is 5.91 Å². The first-order chi connectivity index (χ1) is 11.4. The Morgan fingerprint density at radius 2 is 2.04 bits per heavy atom. The van der Waals surface area contributed by atoms with Gasteiger partial charge in [-0.15, -0.1) is 0 Å². The predicted molar refractivity (Wildman–Crippen MR) is 87.8 cm³/mol. The number of rotatable bonds is 8. The predicted octanol–water partition coefficient (Wildman–Crippen LogP) is 1.54. The van der Waals surface area contributed by atoms with E-state index in [0.717, 1.165) is 5.56 Å². The Hall–Kier alpha value is -2.67. The van der Waals surface area contributed by atoms with Crippen molar-refractivity contribution < 1.29 is 19.4 Å². The highest BCUT2D eigenvalue weighted by atomic mass is 16.5. The van der Waals surface area contributed by atoms with Gasteiger partial charge in [-0.05, 0) is 30.7 Å². The lowest BCUT2D eigenvalue weighted by molar-refractivity contribution is -0.139. The quantitative estimate of drug-likeness (QED) is 0.765. The second-order valence-electron chi connectivity index (χ2n) is 5.92. The Morgan fingerprint density at radius 1 is 1.33 bits per heavy atom. The van der Waals surface area contributed by atoms with Crippen LogP contribution in [0.1, 0.15) is 29.3 Å². The van der Waals surface area contributed by atoms with Gasteiger partial charge in [-0.1, -0.05) is 12.1 Å². The van der Waals surface area contributed by atoms with Crippen molar-refractivity contribution in [3.63, 3.8) is 0 Å². The Kier molecular flexibility index (Phi) is 5.70. The van der Waals surface area contributed by atoms with E-state index in [2.05, 4.69) is 10.4 Å². The van der Waals surface area contributed by atoms with Crippen molar-refractivity contribution in [1.29, 1.82) is 0 Å². The van der Waals surface area contributed by atoms with E-state index >= 15 is 0 Å². The number of aliphatic carboxylic acids is 1. The summed E-state index contributed by atoms with van der Waals surface area (Å²) in [6, 6.07) is 8.97. The van der Waals surface area contributed by atoms with Crippen LogP contribution in [-0.4, -0.2) is 46.0 Å². The average molecular weight is 331 g/mol. The van der Waals surface area contributed by atoms with Gasteiger partial charge >= 0.3 is 5.97 Å². The minimum atomic E-state index is -0.996. The molecule has 0 aliphatic carbocycles. The molecule has 2 aromatic rings. The van der Waals surface area contributed by atoms with Crippen LogP contribution in [-0.2, 0) is 16.1 Å². The normalized spacial score (nSPS) is 13.2. The first-order valence-corrected chi connectivity index (χ1v) is 7.51. The molecule has 1 atom stereocenters. The zero-order valence-corrected chi connectivity index (χ0v) is 13.7. The minimum Gasteiger partial charge on any atom is -0.481 e. The molecule has 7 heteroatoms. The summed E-state index contributed by atoms with van der Waals surface area (Å²) in [6.45, 7) is 2.38. The molecular weight excluding hydrogens is 310 g/mol. The largest absolute Gasteiger partial charge is 0.481 e. The molecule has 0 spiro atoms. The van der Waals surface area contributed by atoms with E-state index in [1.165, 1.54) is 7.11 Å². The number of hydrogen-bond acceptors (Lipinski definition) is 4. The number of ether oxygens (including phenoxy) is 1. The van der Waals surface area contributed by atoms with Crippen molar-refractivity contribution in [2.24, 2.45) is 0 Å². The third-order valence-corrected chi connectivity index (χ3v) is 3.54. The van der Waals surface area contributed by atoms with E-state index < -0.39 is 11.5 Å². The zero-order chi connectivity index (χ0) is 17.6. The number of benzene rings is 1. The number of carbonyl (C=O) groups is 2. The van der Waals surface area contributed by atoms with Gasteiger partial charge in [-0.2, -0.15) is 5.10 Å². The van der Waals surface area contributed by atoms with Gasteiger partial charge in [0.2, 0.25) is 0 Å². The number of nitrogens with zero attached hydrogens (tertiary/aromatic N) is 2. The van der Waals surface area contributed by atoms with Crippen molar-refractivity contribution in [1.82, 2.24) is 15.1 Å². The van der Waals surface area contributed by atoms with E-state index in [9.17, 15) is 9.59 Å². The highest BCUT2D eigenvalue weighted by molar-refractivity contribution is 5.95. The van der Waals surface area contributed by atoms with Crippen LogP contribution in [0.2, 0.25) is 0 Å². The van der Waals surface area contributed by atoms with Crippen LogP contribution in [0.4, 0.5) is 0 Å². The minimum absolute atomic E-state index is 0.114. The maximum Gasteiger partial charge on any atom is 0.305 e. The Bertz CT molecular complexity index is 682. The molecule has 7 nitrogen and oxygen atoms in total. The molecule has 0 saturated carbocycles. The molecule has 0 aliphatic rings. The molecule has 1 aromatic carbocycles. The molecule has 128 valence electrons. The van der Waals surface area contributed by atoms with Gasteiger partial charge in [-0.25, -0.2) is 0 Å². The fourth-order valence-corrected chi connectivity index (χ4v) is 2.47. The highest BCUT2D eigenvalue weighted by Gasteiger charge is 2.29. The van der Waals surface area contributed by atoms with Gasteiger partial charge in [0.15, 0.2) is 0 Å². The van der Waals surface area contributed by atoms with Crippen LogP contribution in [0.25, 0.3) is 0 Å².